The highest BCUT2D eigenvalue weighted by Gasteiger charge is 2.13. The van der Waals surface area contributed by atoms with Crippen molar-refractivity contribution < 1.29 is 9.59 Å². The van der Waals surface area contributed by atoms with Crippen molar-refractivity contribution >= 4 is 12.2 Å². The molecule has 15 heavy (non-hydrogen) atoms. The number of nitrogens with zero attached hydrogens (tertiary/aromatic N) is 3. The van der Waals surface area contributed by atoms with Crippen LogP contribution in [0.1, 0.15) is 21.7 Å². The molecule has 0 N–H and O–H groups in total. The van der Waals surface area contributed by atoms with E-state index in [-0.39, 0.29) is 12.5 Å². The Kier molecular flexibility index (Phi) is 3.24. The second kappa shape index (κ2) is 4.25. The summed E-state index contributed by atoms with van der Waals surface area (Å²) in [6.07, 6.45) is 0.772. The van der Waals surface area contributed by atoms with E-state index in [1.807, 2.05) is 0 Å². The summed E-state index contributed by atoms with van der Waals surface area (Å²) < 4.78 is 1.56. The second-order valence-electron chi connectivity index (χ2n) is 3.65. The summed E-state index contributed by atoms with van der Waals surface area (Å²) in [6.45, 7) is 3.72. The fourth-order valence-electron chi connectivity index (χ4n) is 1.30. The number of aldehydes is 1. The van der Waals surface area contributed by atoms with Crippen LogP contribution in [-0.2, 0) is 11.3 Å². The third-order valence-corrected chi connectivity index (χ3v) is 2.34. The molecule has 5 heteroatoms. The van der Waals surface area contributed by atoms with E-state index in [1.165, 1.54) is 4.90 Å². The van der Waals surface area contributed by atoms with E-state index in [1.54, 1.807) is 32.6 Å². The summed E-state index contributed by atoms with van der Waals surface area (Å²) in [4.78, 5) is 23.7. The minimum atomic E-state index is -0.0435. The zero-order valence-electron chi connectivity index (χ0n) is 9.44. The lowest BCUT2D eigenvalue weighted by Gasteiger charge is -2.10. The first kappa shape index (κ1) is 11.4. The van der Waals surface area contributed by atoms with Gasteiger partial charge in [0.05, 0.1) is 11.3 Å². The van der Waals surface area contributed by atoms with Crippen molar-refractivity contribution in [1.82, 2.24) is 14.7 Å². The maximum absolute atomic E-state index is 11.5. The molecule has 0 saturated heterocycles. The summed E-state index contributed by atoms with van der Waals surface area (Å²) in [7, 11) is 3.38. The van der Waals surface area contributed by atoms with Crippen LogP contribution >= 0.6 is 0 Å². The van der Waals surface area contributed by atoms with Gasteiger partial charge in [0.25, 0.3) is 0 Å². The SMILES string of the molecule is Cc1nn(CC(=O)N(C)C)c(C)c1C=O. The number of rotatable bonds is 3. The van der Waals surface area contributed by atoms with Gasteiger partial charge < -0.3 is 4.90 Å². The molecule has 0 unspecified atom stereocenters. The van der Waals surface area contributed by atoms with Crippen molar-refractivity contribution in [2.45, 2.75) is 20.4 Å². The molecule has 1 amide bonds. The van der Waals surface area contributed by atoms with E-state index in [9.17, 15) is 9.59 Å². The van der Waals surface area contributed by atoms with Crippen LogP contribution in [0.3, 0.4) is 0 Å². The van der Waals surface area contributed by atoms with E-state index < -0.39 is 0 Å². The molecule has 0 radical (unpaired) electrons. The first-order chi connectivity index (χ1) is 6.97. The average molecular weight is 209 g/mol. The number of carbonyl (C=O) groups is 2. The molecule has 0 aliphatic carbocycles. The molecule has 0 fully saturated rings. The molecule has 0 aromatic carbocycles. The maximum atomic E-state index is 11.5. The highest BCUT2D eigenvalue weighted by atomic mass is 16.2. The van der Waals surface area contributed by atoms with E-state index >= 15 is 0 Å². The van der Waals surface area contributed by atoms with Crippen molar-refractivity contribution in [2.75, 3.05) is 14.1 Å². The zero-order chi connectivity index (χ0) is 11.6. The van der Waals surface area contributed by atoms with E-state index in [4.69, 9.17) is 0 Å². The van der Waals surface area contributed by atoms with Crippen LogP contribution in [0.25, 0.3) is 0 Å². The lowest BCUT2D eigenvalue weighted by atomic mass is 10.2. The number of amides is 1. The Morgan fingerprint density at radius 1 is 1.47 bits per heavy atom. The smallest absolute Gasteiger partial charge is 0.243 e. The minimum absolute atomic E-state index is 0.0435. The molecule has 0 spiro atoms. The third-order valence-electron chi connectivity index (χ3n) is 2.34. The predicted octanol–water partition coefficient (Wildman–Crippen LogP) is 0.401. The largest absolute Gasteiger partial charge is 0.347 e. The molecule has 1 heterocycles. The summed E-state index contributed by atoms with van der Waals surface area (Å²) in [5.74, 6) is -0.0435. The van der Waals surface area contributed by atoms with Crippen LogP contribution in [0.2, 0.25) is 0 Å². The van der Waals surface area contributed by atoms with Crippen molar-refractivity contribution in [3.8, 4) is 0 Å². The first-order valence-electron chi connectivity index (χ1n) is 4.66. The van der Waals surface area contributed by atoms with Crippen molar-refractivity contribution in [2.24, 2.45) is 0 Å². The van der Waals surface area contributed by atoms with Crippen LogP contribution < -0.4 is 0 Å². The Labute approximate surface area is 88.7 Å². The van der Waals surface area contributed by atoms with Gasteiger partial charge in [-0.3, -0.25) is 14.3 Å². The van der Waals surface area contributed by atoms with Gasteiger partial charge in [0, 0.05) is 19.8 Å². The van der Waals surface area contributed by atoms with Crippen LogP contribution in [0.5, 0.6) is 0 Å². The van der Waals surface area contributed by atoms with Gasteiger partial charge in [-0.15, -0.1) is 0 Å². The molecular weight excluding hydrogens is 194 g/mol. The van der Waals surface area contributed by atoms with Crippen molar-refractivity contribution in [3.63, 3.8) is 0 Å². The molecule has 1 rings (SSSR count). The van der Waals surface area contributed by atoms with Crippen LogP contribution in [-0.4, -0.2) is 41.0 Å². The first-order valence-corrected chi connectivity index (χ1v) is 4.66. The van der Waals surface area contributed by atoms with Crippen molar-refractivity contribution in [1.29, 1.82) is 0 Å². The summed E-state index contributed by atoms with van der Waals surface area (Å²) in [5, 5.41) is 4.14. The number of carbonyl (C=O) groups excluding carboxylic acids is 2. The monoisotopic (exact) mass is 209 g/mol. The van der Waals surface area contributed by atoms with Gasteiger partial charge in [-0.25, -0.2) is 0 Å². The molecule has 0 atom stereocenters. The molecule has 0 aliphatic heterocycles. The van der Waals surface area contributed by atoms with E-state index in [2.05, 4.69) is 5.10 Å². The minimum Gasteiger partial charge on any atom is -0.347 e. The summed E-state index contributed by atoms with van der Waals surface area (Å²) >= 11 is 0. The fourth-order valence-corrected chi connectivity index (χ4v) is 1.30. The fraction of sp³-hybridized carbons (Fsp3) is 0.500. The Morgan fingerprint density at radius 2 is 2.07 bits per heavy atom. The molecule has 0 aliphatic rings. The molecule has 1 aromatic rings. The Balaban J connectivity index is 2.97. The third kappa shape index (κ3) is 2.23. The number of hydrogen-bond acceptors (Lipinski definition) is 3. The number of aromatic nitrogens is 2. The van der Waals surface area contributed by atoms with Crippen LogP contribution in [0, 0.1) is 13.8 Å². The average Bonchev–Trinajstić information content (AvgIpc) is 2.41. The molecular formula is C10H15N3O2. The Bertz CT molecular complexity index is 394. The quantitative estimate of drug-likeness (QED) is 0.677. The predicted molar refractivity (Wildman–Crippen MR) is 55.8 cm³/mol. The highest BCUT2D eigenvalue weighted by Crippen LogP contribution is 2.10. The van der Waals surface area contributed by atoms with Crippen LogP contribution in [0.4, 0.5) is 0 Å². The van der Waals surface area contributed by atoms with Crippen molar-refractivity contribution in [3.05, 3.63) is 17.0 Å². The summed E-state index contributed by atoms with van der Waals surface area (Å²) in [6, 6.07) is 0. The molecule has 0 bridgehead atoms. The second-order valence-corrected chi connectivity index (χ2v) is 3.65. The van der Waals surface area contributed by atoms with Gasteiger partial charge in [0.1, 0.15) is 6.54 Å². The van der Waals surface area contributed by atoms with Gasteiger partial charge in [-0.1, -0.05) is 0 Å². The standard InChI is InChI=1S/C10H15N3O2/c1-7-9(6-14)8(2)13(11-7)5-10(15)12(3)4/h6H,5H2,1-4H3. The Morgan fingerprint density at radius 3 is 2.47 bits per heavy atom. The normalized spacial score (nSPS) is 10.1. The van der Waals surface area contributed by atoms with E-state index in [0.717, 1.165) is 12.0 Å². The Hall–Kier alpha value is -1.65. The number of aryl methyl sites for hydroxylation is 1. The molecule has 1 aromatic heterocycles. The van der Waals surface area contributed by atoms with Crippen LogP contribution in [0.15, 0.2) is 0 Å². The van der Waals surface area contributed by atoms with E-state index in [0.29, 0.717) is 11.3 Å². The molecule has 0 saturated carbocycles. The van der Waals surface area contributed by atoms with Gasteiger partial charge in [-0.05, 0) is 13.8 Å². The molecule has 5 nitrogen and oxygen atoms in total. The number of likely N-dealkylation sites (N-methyl/N-ethyl adjacent to an activating group) is 1. The maximum Gasteiger partial charge on any atom is 0.243 e. The topological polar surface area (TPSA) is 55.2 Å². The lowest BCUT2D eigenvalue weighted by Crippen LogP contribution is -2.27. The summed E-state index contributed by atoms with van der Waals surface area (Å²) in [5.41, 5.74) is 1.97. The molecule has 82 valence electrons. The number of hydrogen-bond donors (Lipinski definition) is 0. The lowest BCUT2D eigenvalue weighted by molar-refractivity contribution is -0.129. The van der Waals surface area contributed by atoms with Gasteiger partial charge in [0.15, 0.2) is 6.29 Å². The van der Waals surface area contributed by atoms with Gasteiger partial charge in [0.2, 0.25) is 5.91 Å². The zero-order valence-corrected chi connectivity index (χ0v) is 9.44. The van der Waals surface area contributed by atoms with Gasteiger partial charge >= 0.3 is 0 Å². The van der Waals surface area contributed by atoms with Gasteiger partial charge in [-0.2, -0.15) is 5.10 Å². The highest BCUT2D eigenvalue weighted by molar-refractivity contribution is 5.79.